The fourth-order valence-electron chi connectivity index (χ4n) is 3.80. The molecule has 4 aromatic rings. The van der Waals surface area contributed by atoms with E-state index in [2.05, 4.69) is 16.0 Å². The standard InChI is InChI=1S/C32H27Cl2N3O5S/c1-41-25-15-24(16-26(18-25)42-2)35-30(38)19-43-27-10-6-9-23(17-27)36-32(40)29(13-21-11-12-22(33)14-28(21)34)37-31(39)20-7-4-3-5-8-20/h3-18H,19H2,1-2H3,(H,35,38)(H,36,40)(H,37,39)/b29-13+. The fourth-order valence-corrected chi connectivity index (χ4v) is 5.02. The molecule has 0 aromatic heterocycles. The van der Waals surface area contributed by atoms with Crippen LogP contribution in [0.5, 0.6) is 11.5 Å². The van der Waals surface area contributed by atoms with Crippen LogP contribution in [0.2, 0.25) is 10.0 Å². The first-order valence-electron chi connectivity index (χ1n) is 12.8. The molecule has 0 spiro atoms. The minimum Gasteiger partial charge on any atom is -0.497 e. The van der Waals surface area contributed by atoms with Crippen LogP contribution in [-0.2, 0) is 9.59 Å². The number of methoxy groups -OCH3 is 2. The molecule has 0 fully saturated rings. The highest BCUT2D eigenvalue weighted by molar-refractivity contribution is 8.00. The lowest BCUT2D eigenvalue weighted by Gasteiger charge is -2.13. The Morgan fingerprint density at radius 1 is 0.791 bits per heavy atom. The number of carbonyl (C=O) groups is 3. The highest BCUT2D eigenvalue weighted by atomic mass is 35.5. The van der Waals surface area contributed by atoms with Crippen LogP contribution in [0.3, 0.4) is 0 Å². The summed E-state index contributed by atoms with van der Waals surface area (Å²) >= 11 is 13.6. The fraction of sp³-hybridized carbons (Fsp3) is 0.0938. The Morgan fingerprint density at radius 3 is 2.19 bits per heavy atom. The molecular formula is C32H27Cl2N3O5S. The molecule has 8 nitrogen and oxygen atoms in total. The molecule has 0 aliphatic rings. The van der Waals surface area contributed by atoms with Crippen molar-refractivity contribution >= 4 is 70.1 Å². The van der Waals surface area contributed by atoms with Gasteiger partial charge < -0.3 is 25.4 Å². The molecule has 0 heterocycles. The van der Waals surface area contributed by atoms with Gasteiger partial charge in [0.05, 0.1) is 20.0 Å². The molecule has 0 radical (unpaired) electrons. The van der Waals surface area contributed by atoms with Crippen molar-refractivity contribution in [2.45, 2.75) is 4.90 Å². The maximum absolute atomic E-state index is 13.4. The average molecular weight is 637 g/mol. The van der Waals surface area contributed by atoms with E-state index >= 15 is 0 Å². The predicted octanol–water partition coefficient (Wildman–Crippen LogP) is 7.15. The van der Waals surface area contributed by atoms with Crippen LogP contribution in [0.15, 0.2) is 102 Å². The Hall–Kier alpha value is -4.44. The molecule has 220 valence electrons. The highest BCUT2D eigenvalue weighted by Gasteiger charge is 2.16. The van der Waals surface area contributed by atoms with Crippen molar-refractivity contribution in [3.8, 4) is 11.5 Å². The number of rotatable bonds is 11. The monoisotopic (exact) mass is 635 g/mol. The van der Waals surface area contributed by atoms with Gasteiger partial charge in [-0.2, -0.15) is 0 Å². The van der Waals surface area contributed by atoms with Gasteiger partial charge in [-0.05, 0) is 54.1 Å². The van der Waals surface area contributed by atoms with Crippen LogP contribution in [0.4, 0.5) is 11.4 Å². The zero-order chi connectivity index (χ0) is 30.8. The van der Waals surface area contributed by atoms with Crippen LogP contribution in [0.1, 0.15) is 15.9 Å². The van der Waals surface area contributed by atoms with Gasteiger partial charge in [0.15, 0.2) is 0 Å². The second-order valence-electron chi connectivity index (χ2n) is 8.96. The van der Waals surface area contributed by atoms with Crippen LogP contribution in [0, 0.1) is 0 Å². The number of halogens is 2. The van der Waals surface area contributed by atoms with E-state index in [0.717, 1.165) is 4.90 Å². The van der Waals surface area contributed by atoms with Crippen LogP contribution in [0.25, 0.3) is 6.08 Å². The first-order valence-corrected chi connectivity index (χ1v) is 14.6. The smallest absolute Gasteiger partial charge is 0.272 e. The van der Waals surface area contributed by atoms with Gasteiger partial charge in [-0.1, -0.05) is 53.5 Å². The SMILES string of the molecule is COc1cc(NC(=O)CSc2cccc(NC(=O)/C(=C\c3ccc(Cl)cc3Cl)NC(=O)c3ccccc3)c2)cc(OC)c1. The number of nitrogens with one attached hydrogen (secondary N) is 3. The van der Waals surface area contributed by atoms with E-state index < -0.39 is 11.8 Å². The summed E-state index contributed by atoms with van der Waals surface area (Å²) in [5.74, 6) is -0.0406. The van der Waals surface area contributed by atoms with Crippen LogP contribution >= 0.6 is 35.0 Å². The summed E-state index contributed by atoms with van der Waals surface area (Å²) in [5.41, 5.74) is 1.86. The number of hydrogen-bond donors (Lipinski definition) is 3. The molecule has 0 unspecified atom stereocenters. The average Bonchev–Trinajstić information content (AvgIpc) is 3.01. The van der Waals surface area contributed by atoms with Gasteiger partial charge in [-0.25, -0.2) is 0 Å². The molecule has 3 N–H and O–H groups in total. The van der Waals surface area contributed by atoms with Crippen molar-refractivity contribution in [2.24, 2.45) is 0 Å². The number of carbonyl (C=O) groups excluding carboxylic acids is 3. The Labute approximate surface area is 263 Å². The van der Waals surface area contributed by atoms with Crippen molar-refractivity contribution in [1.29, 1.82) is 0 Å². The Balaban J connectivity index is 1.46. The molecule has 0 atom stereocenters. The molecule has 0 aliphatic carbocycles. The quantitative estimate of drug-likeness (QED) is 0.119. The second kappa shape index (κ2) is 15.2. The van der Waals surface area contributed by atoms with Crippen molar-refractivity contribution in [2.75, 3.05) is 30.6 Å². The topological polar surface area (TPSA) is 106 Å². The number of hydrogen-bond acceptors (Lipinski definition) is 6. The molecule has 4 aromatic carbocycles. The molecular weight excluding hydrogens is 609 g/mol. The van der Waals surface area contributed by atoms with Gasteiger partial charge in [0.25, 0.3) is 11.8 Å². The number of ether oxygens (including phenoxy) is 2. The third-order valence-corrected chi connectivity index (χ3v) is 7.44. The Kier molecular flexibility index (Phi) is 11.1. The molecule has 3 amide bonds. The van der Waals surface area contributed by atoms with Crippen LogP contribution < -0.4 is 25.4 Å². The third-order valence-electron chi connectivity index (χ3n) is 5.89. The molecule has 11 heteroatoms. The third kappa shape index (κ3) is 9.27. The summed E-state index contributed by atoms with van der Waals surface area (Å²) in [6.07, 6.45) is 1.48. The largest absolute Gasteiger partial charge is 0.497 e. The van der Waals surface area contributed by atoms with Gasteiger partial charge in [0, 0.05) is 50.1 Å². The molecule has 0 bridgehead atoms. The number of thioether (sulfide) groups is 1. The molecule has 43 heavy (non-hydrogen) atoms. The van der Waals surface area contributed by atoms with Crippen molar-refractivity contribution in [3.05, 3.63) is 118 Å². The van der Waals surface area contributed by atoms with Gasteiger partial charge in [0.2, 0.25) is 5.91 Å². The Bertz CT molecular complexity index is 1640. The lowest BCUT2D eigenvalue weighted by atomic mass is 10.1. The zero-order valence-electron chi connectivity index (χ0n) is 23.2. The summed E-state index contributed by atoms with van der Waals surface area (Å²) in [5, 5.41) is 9.07. The van der Waals surface area contributed by atoms with Gasteiger partial charge in [0.1, 0.15) is 17.2 Å². The minimum absolute atomic E-state index is 0.0239. The maximum Gasteiger partial charge on any atom is 0.272 e. The van der Waals surface area contributed by atoms with E-state index in [1.54, 1.807) is 84.9 Å². The van der Waals surface area contributed by atoms with E-state index in [0.29, 0.717) is 44.0 Å². The van der Waals surface area contributed by atoms with E-state index in [-0.39, 0.29) is 17.4 Å². The predicted molar refractivity (Wildman–Crippen MR) is 172 cm³/mol. The summed E-state index contributed by atoms with van der Waals surface area (Å²) in [6.45, 7) is 0. The van der Waals surface area contributed by atoms with Crippen molar-refractivity contribution in [3.63, 3.8) is 0 Å². The van der Waals surface area contributed by atoms with Crippen LogP contribution in [-0.4, -0.2) is 37.7 Å². The lowest BCUT2D eigenvalue weighted by Crippen LogP contribution is -2.30. The normalized spacial score (nSPS) is 10.9. The Morgan fingerprint density at radius 2 is 1.51 bits per heavy atom. The summed E-state index contributed by atoms with van der Waals surface area (Å²) in [7, 11) is 3.07. The van der Waals surface area contributed by atoms with Gasteiger partial charge in [-0.15, -0.1) is 11.8 Å². The van der Waals surface area contributed by atoms with Gasteiger partial charge >= 0.3 is 0 Å². The number of anilines is 2. The van der Waals surface area contributed by atoms with E-state index in [1.165, 1.54) is 32.1 Å². The first kappa shape index (κ1) is 31.5. The first-order chi connectivity index (χ1) is 20.7. The highest BCUT2D eigenvalue weighted by Crippen LogP contribution is 2.27. The molecule has 0 saturated heterocycles. The summed E-state index contributed by atoms with van der Waals surface area (Å²) in [4.78, 5) is 39.7. The van der Waals surface area contributed by atoms with E-state index in [9.17, 15) is 14.4 Å². The maximum atomic E-state index is 13.4. The lowest BCUT2D eigenvalue weighted by molar-refractivity contribution is -0.114. The summed E-state index contributed by atoms with van der Waals surface area (Å²) < 4.78 is 10.5. The van der Waals surface area contributed by atoms with E-state index in [1.807, 2.05) is 6.07 Å². The van der Waals surface area contributed by atoms with Gasteiger partial charge in [-0.3, -0.25) is 14.4 Å². The minimum atomic E-state index is -0.567. The van der Waals surface area contributed by atoms with E-state index in [4.69, 9.17) is 32.7 Å². The number of benzene rings is 4. The molecule has 4 rings (SSSR count). The molecule has 0 saturated carbocycles. The summed E-state index contributed by atoms with van der Waals surface area (Å²) in [6, 6.07) is 25.5. The van der Waals surface area contributed by atoms with Crippen molar-refractivity contribution < 1.29 is 23.9 Å². The van der Waals surface area contributed by atoms with Crippen molar-refractivity contribution in [1.82, 2.24) is 5.32 Å². The second-order valence-corrected chi connectivity index (χ2v) is 10.9. The molecule has 0 aliphatic heterocycles. The zero-order valence-corrected chi connectivity index (χ0v) is 25.5. The number of amides is 3.